The van der Waals surface area contributed by atoms with E-state index in [-0.39, 0.29) is 24.5 Å². The average molecular weight is 681 g/mol. The van der Waals surface area contributed by atoms with Gasteiger partial charge in [-0.2, -0.15) is 0 Å². The minimum atomic E-state index is -0.552. The first-order chi connectivity index (χ1) is 23.4. The Labute approximate surface area is 283 Å². The Morgan fingerprint density at radius 2 is 1.65 bits per heavy atom. The number of halogens is 1. The second-order valence-electron chi connectivity index (χ2n) is 11.5. The number of Topliss-reactive ketones (excluding diaryl/α,β-unsaturated/α-hetero) is 1. The number of pyridine rings is 2. The summed E-state index contributed by atoms with van der Waals surface area (Å²) in [7, 11) is 1.62. The van der Waals surface area contributed by atoms with Gasteiger partial charge in [-0.05, 0) is 54.2 Å². The second-order valence-corrected chi connectivity index (χ2v) is 12.6. The van der Waals surface area contributed by atoms with Crippen LogP contribution < -0.4 is 10.5 Å². The largest absolute Gasteiger partial charge is 0.453 e. The molecule has 4 aromatic rings. The van der Waals surface area contributed by atoms with Crippen LogP contribution in [-0.2, 0) is 36.7 Å². The number of aromatic nitrogens is 2. The van der Waals surface area contributed by atoms with Crippen molar-refractivity contribution < 1.29 is 37.7 Å². The summed E-state index contributed by atoms with van der Waals surface area (Å²) in [5.41, 5.74) is 8.48. The third-order valence-corrected chi connectivity index (χ3v) is 8.81. The fourth-order valence-electron chi connectivity index (χ4n) is 4.93. The Morgan fingerprint density at radius 3 is 2.31 bits per heavy atom. The summed E-state index contributed by atoms with van der Waals surface area (Å²) in [5.74, 6) is 0.675. The lowest BCUT2D eigenvalue weighted by molar-refractivity contribution is -0.118. The van der Waals surface area contributed by atoms with E-state index >= 15 is 0 Å². The van der Waals surface area contributed by atoms with E-state index in [4.69, 9.17) is 29.4 Å². The number of thiophene rings is 1. The number of ether oxygens (including phenoxy) is 5. The van der Waals surface area contributed by atoms with Crippen LogP contribution in [0.3, 0.4) is 0 Å². The molecule has 2 N–H and O–H groups in total. The van der Waals surface area contributed by atoms with Crippen molar-refractivity contribution in [2.24, 2.45) is 11.7 Å². The molecule has 48 heavy (non-hydrogen) atoms. The fourth-order valence-corrected chi connectivity index (χ4v) is 5.97. The van der Waals surface area contributed by atoms with Crippen molar-refractivity contribution in [3.63, 3.8) is 0 Å². The Kier molecular flexibility index (Phi) is 13.2. The third-order valence-electron chi connectivity index (χ3n) is 7.65. The lowest BCUT2D eigenvalue weighted by Crippen LogP contribution is -2.37. The average Bonchev–Trinajstić information content (AvgIpc) is 3.77. The summed E-state index contributed by atoms with van der Waals surface area (Å²) < 4.78 is 43.0. The number of nitrogens with zero attached hydrogens (tertiary/aromatic N) is 3. The summed E-state index contributed by atoms with van der Waals surface area (Å²) in [4.78, 5) is 35.7. The molecular formula is C35H41FN4O7S. The van der Waals surface area contributed by atoms with E-state index in [1.807, 2.05) is 18.2 Å². The van der Waals surface area contributed by atoms with E-state index < -0.39 is 11.8 Å². The molecule has 0 radical (unpaired) electrons. The molecule has 5 rings (SSSR count). The van der Waals surface area contributed by atoms with Crippen molar-refractivity contribution in [1.82, 2.24) is 14.9 Å². The van der Waals surface area contributed by atoms with Crippen LogP contribution in [0.4, 0.5) is 9.18 Å². The second kappa shape index (κ2) is 17.9. The molecule has 0 bridgehead atoms. The molecule has 1 fully saturated rings. The van der Waals surface area contributed by atoms with Crippen molar-refractivity contribution >= 4 is 33.4 Å². The van der Waals surface area contributed by atoms with Gasteiger partial charge in [0.05, 0.1) is 67.0 Å². The normalized spacial score (nSPS) is 12.8. The number of hydrogen-bond donors (Lipinski definition) is 1. The van der Waals surface area contributed by atoms with Crippen molar-refractivity contribution in [2.45, 2.75) is 32.2 Å². The highest BCUT2D eigenvalue weighted by atomic mass is 32.1. The Morgan fingerprint density at radius 1 is 0.917 bits per heavy atom. The molecule has 1 aromatic carbocycles. The molecule has 1 saturated carbocycles. The Hall–Kier alpha value is -4.01. The van der Waals surface area contributed by atoms with Gasteiger partial charge in [-0.15, -0.1) is 11.3 Å². The first kappa shape index (κ1) is 35.3. The van der Waals surface area contributed by atoms with Crippen molar-refractivity contribution in [3.05, 3.63) is 71.8 Å². The number of primary amides is 1. The molecule has 3 aromatic heterocycles. The number of carbonyl (C=O) groups is 2. The lowest BCUT2D eigenvalue weighted by Gasteiger charge is -2.20. The highest BCUT2D eigenvalue weighted by Crippen LogP contribution is 2.39. The van der Waals surface area contributed by atoms with Crippen LogP contribution in [0.2, 0.25) is 0 Å². The highest BCUT2D eigenvalue weighted by molar-refractivity contribution is 7.22. The van der Waals surface area contributed by atoms with Crippen LogP contribution in [0, 0.1) is 11.7 Å². The maximum absolute atomic E-state index is 15.0. The molecule has 11 nitrogen and oxygen atoms in total. The monoisotopic (exact) mass is 680 g/mol. The number of fused-ring (bicyclic) bond motifs is 1. The molecule has 0 spiro atoms. The fraction of sp³-hybridized carbons (Fsp3) is 0.429. The molecule has 0 unspecified atom stereocenters. The zero-order chi connectivity index (χ0) is 33.7. The van der Waals surface area contributed by atoms with E-state index in [2.05, 4.69) is 9.97 Å². The summed E-state index contributed by atoms with van der Waals surface area (Å²) in [6.07, 6.45) is 6.33. The molecular weight excluding hydrogens is 639 g/mol. The van der Waals surface area contributed by atoms with Gasteiger partial charge in [-0.25, -0.2) is 9.18 Å². The minimum absolute atomic E-state index is 0.0792. The van der Waals surface area contributed by atoms with Gasteiger partial charge in [-0.1, -0.05) is 12.1 Å². The van der Waals surface area contributed by atoms with E-state index in [9.17, 15) is 14.0 Å². The predicted octanol–water partition coefficient (Wildman–Crippen LogP) is 5.78. The maximum Gasteiger partial charge on any atom is 0.315 e. The standard InChI is InChI=1S/C35H41FN4O7S/c1-43-12-13-45-16-17-46-15-14-44-11-10-40(35(37)42)23-26-4-6-29(39-22-26)33-21-30-34(48-33)32(8-9-38-30)47-31-7-5-25(20-28(31)36)19-27(41)18-24-2-3-24/h4-9,20-22,24H,2-3,10-19,23H2,1H3,(H2,37,42). The summed E-state index contributed by atoms with van der Waals surface area (Å²) in [5, 5.41) is 0. The third kappa shape index (κ3) is 10.8. The van der Waals surface area contributed by atoms with E-state index in [1.165, 1.54) is 22.3 Å². The van der Waals surface area contributed by atoms with Gasteiger partial charge in [0.2, 0.25) is 0 Å². The summed E-state index contributed by atoms with van der Waals surface area (Å²) in [6.45, 7) is 3.77. The van der Waals surface area contributed by atoms with Crippen LogP contribution in [0.15, 0.2) is 54.9 Å². The van der Waals surface area contributed by atoms with E-state index in [0.717, 1.165) is 33.7 Å². The molecule has 3 heterocycles. The molecule has 256 valence electrons. The quantitative estimate of drug-likeness (QED) is 0.109. The molecule has 0 saturated heterocycles. The van der Waals surface area contributed by atoms with Crippen LogP contribution in [-0.4, -0.2) is 86.6 Å². The van der Waals surface area contributed by atoms with E-state index in [1.54, 1.807) is 37.7 Å². The number of benzene rings is 1. The molecule has 1 aliphatic rings. The Bertz CT molecular complexity index is 1650. The van der Waals surface area contributed by atoms with Gasteiger partial charge in [0.25, 0.3) is 0 Å². The van der Waals surface area contributed by atoms with Crippen LogP contribution in [0.5, 0.6) is 11.5 Å². The van der Waals surface area contributed by atoms with Gasteiger partial charge in [0, 0.05) is 51.5 Å². The van der Waals surface area contributed by atoms with Crippen molar-refractivity contribution in [1.29, 1.82) is 0 Å². The Balaban J connectivity index is 1.12. The number of urea groups is 1. The number of amides is 2. The van der Waals surface area contributed by atoms with Gasteiger partial charge >= 0.3 is 6.03 Å². The summed E-state index contributed by atoms with van der Waals surface area (Å²) in [6, 6.07) is 11.5. The number of carbonyl (C=O) groups excluding carboxylic acids is 2. The number of methoxy groups -OCH3 is 1. The SMILES string of the molecule is COCCOCCOCCOCCN(Cc1ccc(-c2cc3nccc(Oc4ccc(CC(=O)CC5CC5)cc4F)c3s2)nc1)C(N)=O. The number of ketones is 1. The summed E-state index contributed by atoms with van der Waals surface area (Å²) >= 11 is 1.43. The molecule has 0 aliphatic heterocycles. The van der Waals surface area contributed by atoms with Crippen LogP contribution in [0.1, 0.15) is 30.4 Å². The molecule has 1 aliphatic carbocycles. The number of nitrogens with two attached hydrogens (primary N) is 1. The first-order valence-corrected chi connectivity index (χ1v) is 16.8. The predicted molar refractivity (Wildman–Crippen MR) is 180 cm³/mol. The zero-order valence-corrected chi connectivity index (χ0v) is 27.8. The zero-order valence-electron chi connectivity index (χ0n) is 27.0. The van der Waals surface area contributed by atoms with E-state index in [0.29, 0.717) is 82.0 Å². The van der Waals surface area contributed by atoms with Gasteiger partial charge in [-0.3, -0.25) is 14.8 Å². The smallest absolute Gasteiger partial charge is 0.315 e. The van der Waals surface area contributed by atoms with Crippen molar-refractivity contribution in [2.75, 3.05) is 59.9 Å². The maximum atomic E-state index is 15.0. The first-order valence-electron chi connectivity index (χ1n) is 16.0. The van der Waals surface area contributed by atoms with Crippen molar-refractivity contribution in [3.8, 4) is 22.1 Å². The molecule has 0 atom stereocenters. The highest BCUT2D eigenvalue weighted by Gasteiger charge is 2.24. The van der Waals surface area contributed by atoms with Gasteiger partial charge in [0.15, 0.2) is 11.6 Å². The number of hydrogen-bond acceptors (Lipinski definition) is 10. The van der Waals surface area contributed by atoms with Crippen LogP contribution >= 0.6 is 11.3 Å². The van der Waals surface area contributed by atoms with Gasteiger partial charge in [0.1, 0.15) is 11.5 Å². The molecule has 13 heteroatoms. The van der Waals surface area contributed by atoms with Crippen LogP contribution in [0.25, 0.3) is 20.8 Å². The number of rotatable bonds is 21. The lowest BCUT2D eigenvalue weighted by atomic mass is 10.0. The topological polar surface area (TPSA) is 135 Å². The van der Waals surface area contributed by atoms with Gasteiger partial charge < -0.3 is 34.3 Å². The minimum Gasteiger partial charge on any atom is -0.453 e. The molecule has 2 amide bonds.